The van der Waals surface area contributed by atoms with Crippen molar-refractivity contribution in [2.24, 2.45) is 5.73 Å². The summed E-state index contributed by atoms with van der Waals surface area (Å²) in [7, 11) is 0. The number of nitrogens with two attached hydrogens (primary N) is 1. The summed E-state index contributed by atoms with van der Waals surface area (Å²) in [6.07, 6.45) is 3.34. The summed E-state index contributed by atoms with van der Waals surface area (Å²) in [5.41, 5.74) is 6.31. The summed E-state index contributed by atoms with van der Waals surface area (Å²) in [6.45, 7) is 0.575. The number of aromatic nitrogens is 1. The maximum absolute atomic E-state index is 13.0. The first-order chi connectivity index (χ1) is 15.4. The first-order valence-corrected chi connectivity index (χ1v) is 11.4. The predicted octanol–water partition coefficient (Wildman–Crippen LogP) is 4.95. The molecule has 0 atom stereocenters. The monoisotopic (exact) mass is 490 g/mol. The van der Waals surface area contributed by atoms with Gasteiger partial charge in [0, 0.05) is 22.7 Å². The van der Waals surface area contributed by atoms with E-state index in [-0.39, 0.29) is 17.9 Å². The van der Waals surface area contributed by atoms with E-state index in [9.17, 15) is 9.59 Å². The molecule has 0 unspecified atom stereocenters. The molecule has 0 aliphatic carbocycles. The van der Waals surface area contributed by atoms with Crippen LogP contribution in [0.25, 0.3) is 0 Å². The highest BCUT2D eigenvalue weighted by atomic mass is 35.5. The van der Waals surface area contributed by atoms with Crippen LogP contribution in [-0.2, 0) is 0 Å². The second kappa shape index (κ2) is 11.2. The fourth-order valence-electron chi connectivity index (χ4n) is 2.74. The van der Waals surface area contributed by atoms with Crippen LogP contribution in [0.4, 0.5) is 11.5 Å². The average Bonchev–Trinajstić information content (AvgIpc) is 2.80. The zero-order valence-electron chi connectivity index (χ0n) is 17.0. The second-order valence-corrected chi connectivity index (χ2v) is 8.21. The van der Waals surface area contributed by atoms with E-state index in [2.05, 4.69) is 15.6 Å². The number of hydrogen-bond acceptors (Lipinski definition) is 6. The quantitative estimate of drug-likeness (QED) is 0.385. The van der Waals surface area contributed by atoms with E-state index in [1.807, 2.05) is 12.3 Å². The molecule has 0 fully saturated rings. The molecule has 166 valence electrons. The Kier molecular flexibility index (Phi) is 8.35. The highest BCUT2D eigenvalue weighted by molar-refractivity contribution is 7.98. The molecule has 7 nitrogen and oxygen atoms in total. The van der Waals surface area contributed by atoms with Gasteiger partial charge in [0.1, 0.15) is 18.2 Å². The number of amides is 2. The molecule has 0 saturated carbocycles. The Bertz CT molecular complexity index is 1130. The second-order valence-electron chi connectivity index (χ2n) is 6.46. The Morgan fingerprint density at radius 1 is 1.00 bits per heavy atom. The van der Waals surface area contributed by atoms with Crippen LogP contribution in [0.1, 0.15) is 20.7 Å². The molecule has 0 spiro atoms. The van der Waals surface area contributed by atoms with Crippen molar-refractivity contribution in [3.8, 4) is 5.75 Å². The van der Waals surface area contributed by atoms with Gasteiger partial charge in [-0.2, -0.15) is 0 Å². The van der Waals surface area contributed by atoms with Gasteiger partial charge in [-0.25, -0.2) is 4.98 Å². The van der Waals surface area contributed by atoms with E-state index in [4.69, 9.17) is 33.7 Å². The Morgan fingerprint density at radius 3 is 2.44 bits per heavy atom. The Balaban J connectivity index is 1.87. The standard InChI is InChI=1S/C22H20Cl2N4O3S/c1-32-15-4-5-16(19(11-15)31-9-8-25)21(29)27-18-6-2-13(23)10-17(18)22(30)28-20-7-3-14(24)12-26-20/h2-7,10-12H,8-9,25H2,1H3,(H,27,29)(H,26,28,30). The van der Waals surface area contributed by atoms with Crippen molar-refractivity contribution < 1.29 is 14.3 Å². The molecular formula is C22H20Cl2N4O3S. The number of rotatable bonds is 8. The molecule has 0 radical (unpaired) electrons. The summed E-state index contributed by atoms with van der Waals surface area (Å²) >= 11 is 13.5. The molecular weight excluding hydrogens is 471 g/mol. The SMILES string of the molecule is CSc1ccc(C(=O)Nc2ccc(Cl)cc2C(=O)Nc2ccc(Cl)cn2)c(OCCN)c1. The third-order valence-corrected chi connectivity index (χ3v) is 5.44. The lowest BCUT2D eigenvalue weighted by Gasteiger charge is -2.15. The Hall–Kier alpha value is -2.78. The zero-order valence-corrected chi connectivity index (χ0v) is 19.4. The molecule has 2 aromatic carbocycles. The van der Waals surface area contributed by atoms with Gasteiger partial charge in [0.15, 0.2) is 0 Å². The third-order valence-electron chi connectivity index (χ3n) is 4.25. The smallest absolute Gasteiger partial charge is 0.259 e. The fraction of sp³-hybridized carbons (Fsp3) is 0.136. The summed E-state index contributed by atoms with van der Waals surface area (Å²) in [5, 5.41) is 6.21. The molecule has 1 aromatic heterocycles. The number of benzene rings is 2. The minimum atomic E-state index is -0.491. The van der Waals surface area contributed by atoms with Crippen LogP contribution in [0.5, 0.6) is 5.75 Å². The summed E-state index contributed by atoms with van der Waals surface area (Å²) in [4.78, 5) is 30.9. The lowest BCUT2D eigenvalue weighted by molar-refractivity contribution is 0.102. The van der Waals surface area contributed by atoms with Crippen molar-refractivity contribution in [2.75, 3.05) is 30.0 Å². The molecule has 3 rings (SSSR count). The van der Waals surface area contributed by atoms with Crippen LogP contribution in [-0.4, -0.2) is 36.2 Å². The largest absolute Gasteiger partial charge is 0.491 e. The predicted molar refractivity (Wildman–Crippen MR) is 129 cm³/mol. The molecule has 0 saturated heterocycles. The summed E-state index contributed by atoms with van der Waals surface area (Å²) in [5.74, 6) is -0.215. The van der Waals surface area contributed by atoms with Crippen LogP contribution in [0.15, 0.2) is 59.6 Å². The van der Waals surface area contributed by atoms with Crippen LogP contribution >= 0.6 is 35.0 Å². The number of thioether (sulfide) groups is 1. The Morgan fingerprint density at radius 2 is 1.75 bits per heavy atom. The number of carbonyl (C=O) groups excluding carboxylic acids is 2. The number of anilines is 2. The number of pyridine rings is 1. The third kappa shape index (κ3) is 6.14. The maximum atomic E-state index is 13.0. The van der Waals surface area contributed by atoms with Gasteiger partial charge in [0.25, 0.3) is 11.8 Å². The van der Waals surface area contributed by atoms with Crippen molar-refractivity contribution >= 4 is 58.3 Å². The number of ether oxygens (including phenoxy) is 1. The fourth-order valence-corrected chi connectivity index (χ4v) is 3.45. The van der Waals surface area contributed by atoms with Crippen molar-refractivity contribution in [1.82, 2.24) is 4.98 Å². The van der Waals surface area contributed by atoms with Gasteiger partial charge in [-0.1, -0.05) is 23.2 Å². The summed E-state index contributed by atoms with van der Waals surface area (Å²) in [6, 6.07) is 13.0. The van der Waals surface area contributed by atoms with E-state index in [0.29, 0.717) is 33.7 Å². The van der Waals surface area contributed by atoms with E-state index in [1.165, 1.54) is 24.0 Å². The first-order valence-electron chi connectivity index (χ1n) is 9.46. The van der Waals surface area contributed by atoms with Gasteiger partial charge in [0.05, 0.1) is 21.8 Å². The van der Waals surface area contributed by atoms with Crippen molar-refractivity contribution in [2.45, 2.75) is 4.90 Å². The number of nitrogens with one attached hydrogen (secondary N) is 2. The Labute approximate surface area is 199 Å². The topological polar surface area (TPSA) is 106 Å². The highest BCUT2D eigenvalue weighted by Gasteiger charge is 2.19. The van der Waals surface area contributed by atoms with E-state index in [0.717, 1.165) is 4.90 Å². The number of nitrogens with zero attached hydrogens (tertiary/aromatic N) is 1. The molecule has 0 aliphatic heterocycles. The molecule has 3 aromatic rings. The van der Waals surface area contributed by atoms with Gasteiger partial charge in [0.2, 0.25) is 0 Å². The van der Waals surface area contributed by atoms with E-state index in [1.54, 1.807) is 36.4 Å². The van der Waals surface area contributed by atoms with Crippen molar-refractivity contribution in [1.29, 1.82) is 0 Å². The normalized spacial score (nSPS) is 10.5. The van der Waals surface area contributed by atoms with Gasteiger partial charge < -0.3 is 21.1 Å². The average molecular weight is 491 g/mol. The summed E-state index contributed by atoms with van der Waals surface area (Å²) < 4.78 is 5.65. The lowest BCUT2D eigenvalue weighted by Crippen LogP contribution is -2.20. The van der Waals surface area contributed by atoms with Gasteiger partial charge >= 0.3 is 0 Å². The minimum absolute atomic E-state index is 0.174. The number of hydrogen-bond donors (Lipinski definition) is 3. The van der Waals surface area contributed by atoms with Gasteiger partial charge in [-0.15, -0.1) is 11.8 Å². The van der Waals surface area contributed by atoms with Crippen LogP contribution < -0.4 is 21.1 Å². The number of carbonyl (C=O) groups is 2. The minimum Gasteiger partial charge on any atom is -0.491 e. The molecule has 1 heterocycles. The maximum Gasteiger partial charge on any atom is 0.259 e. The van der Waals surface area contributed by atoms with E-state index < -0.39 is 11.8 Å². The number of halogens is 2. The van der Waals surface area contributed by atoms with Crippen molar-refractivity contribution in [3.63, 3.8) is 0 Å². The lowest BCUT2D eigenvalue weighted by atomic mass is 10.1. The molecule has 32 heavy (non-hydrogen) atoms. The highest BCUT2D eigenvalue weighted by Crippen LogP contribution is 2.28. The van der Waals surface area contributed by atoms with E-state index >= 15 is 0 Å². The van der Waals surface area contributed by atoms with Crippen LogP contribution in [0.2, 0.25) is 10.0 Å². The molecule has 4 N–H and O–H groups in total. The molecule has 10 heteroatoms. The molecule has 0 bridgehead atoms. The first kappa shape index (κ1) is 23.9. The van der Waals surface area contributed by atoms with Crippen molar-refractivity contribution in [3.05, 3.63) is 75.9 Å². The van der Waals surface area contributed by atoms with Gasteiger partial charge in [-0.3, -0.25) is 9.59 Å². The van der Waals surface area contributed by atoms with Crippen LogP contribution in [0, 0.1) is 0 Å². The molecule has 0 aliphatic rings. The molecule has 2 amide bonds. The van der Waals surface area contributed by atoms with Gasteiger partial charge in [-0.05, 0) is 54.8 Å². The van der Waals surface area contributed by atoms with Crippen LogP contribution in [0.3, 0.4) is 0 Å². The zero-order chi connectivity index (χ0) is 23.1.